The van der Waals surface area contributed by atoms with Gasteiger partial charge in [0, 0.05) is 16.7 Å². The van der Waals surface area contributed by atoms with Crippen LogP contribution >= 0.6 is 11.8 Å². The third kappa shape index (κ3) is 3.52. The summed E-state index contributed by atoms with van der Waals surface area (Å²) in [6.45, 7) is 0. The van der Waals surface area contributed by atoms with Crippen LogP contribution in [0.3, 0.4) is 0 Å². The van der Waals surface area contributed by atoms with Crippen molar-refractivity contribution in [2.75, 3.05) is 7.11 Å². The van der Waals surface area contributed by atoms with Gasteiger partial charge in [0.1, 0.15) is 5.75 Å². The van der Waals surface area contributed by atoms with Crippen LogP contribution in [0.1, 0.15) is 0 Å². The monoisotopic (exact) mass is 320 g/mol. The van der Waals surface area contributed by atoms with Crippen molar-refractivity contribution in [3.63, 3.8) is 0 Å². The highest BCUT2D eigenvalue weighted by atomic mass is 32.3. The van der Waals surface area contributed by atoms with Crippen LogP contribution in [0, 0.1) is 0 Å². The van der Waals surface area contributed by atoms with E-state index in [-0.39, 0.29) is 9.27 Å². The van der Waals surface area contributed by atoms with Gasteiger partial charge in [-0.3, -0.25) is 0 Å². The van der Waals surface area contributed by atoms with Crippen LogP contribution in [0.25, 0.3) is 5.53 Å². The summed E-state index contributed by atoms with van der Waals surface area (Å²) in [6, 6.07) is 14.8. The molecular formula is C14H12N2O3S2. The maximum Gasteiger partial charge on any atom is 0.448 e. The third-order valence-electron chi connectivity index (χ3n) is 2.61. The fourth-order valence-corrected chi connectivity index (χ4v) is 3.98. The molecule has 0 spiro atoms. The largest absolute Gasteiger partial charge is 0.497 e. The van der Waals surface area contributed by atoms with Gasteiger partial charge in [-0.25, -0.2) is 8.42 Å². The molecule has 2 aromatic carbocycles. The van der Waals surface area contributed by atoms with E-state index < -0.39 is 9.84 Å². The number of ether oxygens (including phenoxy) is 1. The van der Waals surface area contributed by atoms with Crippen LogP contribution < -0.4 is 4.74 Å². The Hall–Kier alpha value is -2.08. The molecule has 0 saturated heterocycles. The van der Waals surface area contributed by atoms with Gasteiger partial charge in [-0.15, -0.1) is 4.79 Å². The number of sulfone groups is 1. The fourth-order valence-electron chi connectivity index (χ4n) is 1.59. The van der Waals surface area contributed by atoms with Crippen molar-refractivity contribution in [2.24, 2.45) is 0 Å². The lowest BCUT2D eigenvalue weighted by Crippen LogP contribution is -2.13. The number of methoxy groups -OCH3 is 1. The van der Waals surface area contributed by atoms with E-state index in [1.54, 1.807) is 36.4 Å². The molecule has 0 aliphatic carbocycles. The quantitative estimate of drug-likeness (QED) is 0.286. The van der Waals surface area contributed by atoms with Gasteiger partial charge in [0.25, 0.3) is 9.84 Å². The molecule has 21 heavy (non-hydrogen) atoms. The van der Waals surface area contributed by atoms with Crippen LogP contribution in [0.15, 0.2) is 64.4 Å². The highest BCUT2D eigenvalue weighted by Gasteiger charge is 2.32. The summed E-state index contributed by atoms with van der Waals surface area (Å²) < 4.78 is 29.6. The highest BCUT2D eigenvalue weighted by molar-refractivity contribution is 8.35. The summed E-state index contributed by atoms with van der Waals surface area (Å²) in [7, 11) is -2.45. The molecule has 0 saturated carbocycles. The predicted molar refractivity (Wildman–Crippen MR) is 81.1 cm³/mol. The molecule has 5 nitrogen and oxygen atoms in total. The Morgan fingerprint density at radius 2 is 1.86 bits per heavy atom. The lowest BCUT2D eigenvalue weighted by molar-refractivity contribution is 0.00466. The van der Waals surface area contributed by atoms with E-state index in [2.05, 4.69) is 4.79 Å². The van der Waals surface area contributed by atoms with Gasteiger partial charge >= 0.3 is 4.38 Å². The van der Waals surface area contributed by atoms with Crippen LogP contribution in [0.5, 0.6) is 5.75 Å². The van der Waals surface area contributed by atoms with Crippen molar-refractivity contribution in [2.45, 2.75) is 9.79 Å². The van der Waals surface area contributed by atoms with Crippen molar-refractivity contribution >= 4 is 26.0 Å². The second-order valence-corrected chi connectivity index (χ2v) is 7.15. The van der Waals surface area contributed by atoms with Gasteiger partial charge in [0.2, 0.25) is 0 Å². The Kier molecular flexibility index (Phi) is 4.80. The molecule has 2 rings (SSSR count). The molecule has 7 heteroatoms. The van der Waals surface area contributed by atoms with Gasteiger partial charge in [0.15, 0.2) is 0 Å². The van der Waals surface area contributed by atoms with Crippen molar-refractivity contribution in [1.29, 1.82) is 0 Å². The highest BCUT2D eigenvalue weighted by Crippen LogP contribution is 2.26. The number of hydrogen-bond donors (Lipinski definition) is 0. The molecule has 0 aliphatic heterocycles. The smallest absolute Gasteiger partial charge is 0.448 e. The minimum absolute atomic E-state index is 0.0121. The fraction of sp³-hybridized carbons (Fsp3) is 0.0714. The maximum absolute atomic E-state index is 12.5. The Morgan fingerprint density at radius 1 is 1.14 bits per heavy atom. The molecule has 2 aromatic rings. The van der Waals surface area contributed by atoms with Gasteiger partial charge in [-0.1, -0.05) is 24.3 Å². The molecule has 0 bridgehead atoms. The first-order chi connectivity index (χ1) is 10.1. The van der Waals surface area contributed by atoms with E-state index >= 15 is 0 Å². The lowest BCUT2D eigenvalue weighted by Gasteiger charge is -2.03. The zero-order chi connectivity index (χ0) is 15.3. The molecule has 0 unspecified atom stereocenters. The molecule has 0 heterocycles. The van der Waals surface area contributed by atoms with Crippen molar-refractivity contribution < 1.29 is 17.9 Å². The summed E-state index contributed by atoms with van der Waals surface area (Å²) in [5.41, 5.74) is 9.07. The molecule has 108 valence electrons. The number of rotatable bonds is 3. The molecule has 0 fully saturated rings. The number of thioether (sulfide) groups is 1. The first-order valence-electron chi connectivity index (χ1n) is 5.92. The van der Waals surface area contributed by atoms with Gasteiger partial charge in [-0.2, -0.15) is 0 Å². The topological polar surface area (TPSA) is 79.8 Å². The molecule has 0 N–H and O–H groups in total. The van der Waals surface area contributed by atoms with E-state index in [0.717, 1.165) is 11.8 Å². The van der Waals surface area contributed by atoms with E-state index in [9.17, 15) is 8.42 Å². The minimum Gasteiger partial charge on any atom is -0.497 e. The molecule has 0 radical (unpaired) electrons. The summed E-state index contributed by atoms with van der Waals surface area (Å²) in [5, 5.41) is 0. The first kappa shape index (κ1) is 15.3. The summed E-state index contributed by atoms with van der Waals surface area (Å²) in [4.78, 5) is 3.61. The molecule has 0 aliphatic rings. The zero-order valence-corrected chi connectivity index (χ0v) is 12.8. The van der Waals surface area contributed by atoms with Gasteiger partial charge < -0.3 is 10.3 Å². The van der Waals surface area contributed by atoms with Crippen molar-refractivity contribution in [3.8, 4) is 5.75 Å². The zero-order valence-electron chi connectivity index (χ0n) is 11.1. The standard InChI is InChI=1S/C14H12N2O3S2/c1-19-11-6-5-9-13(10-11)21(17,18)14(16-15)20-12-7-3-2-4-8-12/h2-10H,1H3. The first-order valence-corrected chi connectivity index (χ1v) is 8.22. The second kappa shape index (κ2) is 6.58. The van der Waals surface area contributed by atoms with Crippen LogP contribution in [0.4, 0.5) is 0 Å². The normalized spacial score (nSPS) is 10.7. The Balaban J connectivity index is 2.39. The van der Waals surface area contributed by atoms with E-state index in [4.69, 9.17) is 10.3 Å². The third-order valence-corrected chi connectivity index (χ3v) is 5.70. The van der Waals surface area contributed by atoms with Crippen LogP contribution in [0.2, 0.25) is 0 Å². The van der Waals surface area contributed by atoms with Gasteiger partial charge in [0.05, 0.1) is 12.0 Å². The predicted octanol–water partition coefficient (Wildman–Crippen LogP) is 2.85. The summed E-state index contributed by atoms with van der Waals surface area (Å²) in [6.07, 6.45) is 0. The number of benzene rings is 2. The summed E-state index contributed by atoms with van der Waals surface area (Å²) in [5.74, 6) is 0.415. The summed E-state index contributed by atoms with van der Waals surface area (Å²) >= 11 is 0.875. The lowest BCUT2D eigenvalue weighted by atomic mass is 10.3. The van der Waals surface area contributed by atoms with E-state index in [1.807, 2.05) is 6.07 Å². The maximum atomic E-state index is 12.5. The molecular weight excluding hydrogens is 308 g/mol. The molecule has 0 atom stereocenters. The number of hydrogen-bond acceptors (Lipinski definition) is 4. The Labute approximate surface area is 127 Å². The van der Waals surface area contributed by atoms with Crippen LogP contribution in [-0.2, 0) is 9.84 Å². The van der Waals surface area contributed by atoms with E-state index in [1.165, 1.54) is 19.2 Å². The number of nitrogens with zero attached hydrogens (tertiary/aromatic N) is 2. The molecule has 0 amide bonds. The van der Waals surface area contributed by atoms with Crippen molar-refractivity contribution in [3.05, 3.63) is 60.1 Å². The Bertz CT molecular complexity index is 783. The average molecular weight is 320 g/mol. The van der Waals surface area contributed by atoms with Gasteiger partial charge in [-0.05, 0) is 30.3 Å². The molecule has 0 aromatic heterocycles. The Morgan fingerprint density at radius 3 is 2.48 bits per heavy atom. The second-order valence-electron chi connectivity index (χ2n) is 3.96. The van der Waals surface area contributed by atoms with E-state index in [0.29, 0.717) is 10.6 Å². The van der Waals surface area contributed by atoms with Crippen LogP contribution in [-0.4, -0.2) is 24.7 Å². The van der Waals surface area contributed by atoms with Crippen molar-refractivity contribution in [1.82, 2.24) is 0 Å². The minimum atomic E-state index is -3.90. The average Bonchev–Trinajstić information content (AvgIpc) is 2.53. The SMILES string of the molecule is COc1cccc(S(=O)(=O)C(=[N+]=[N-])Sc2ccccc2)c1.